The fourth-order valence-electron chi connectivity index (χ4n) is 2.68. The van der Waals surface area contributed by atoms with E-state index in [1.807, 2.05) is 0 Å². The van der Waals surface area contributed by atoms with Gasteiger partial charge in [-0.15, -0.1) is 0 Å². The largest absolute Gasteiger partial charge is 0.323 e. The number of carbonyl (C=O) groups is 3. The summed E-state index contributed by atoms with van der Waals surface area (Å²) < 4.78 is 0. The summed E-state index contributed by atoms with van der Waals surface area (Å²) in [4.78, 5) is 38.0. The van der Waals surface area contributed by atoms with E-state index in [1.54, 1.807) is 32.0 Å². The van der Waals surface area contributed by atoms with Crippen LogP contribution in [0.2, 0.25) is 10.0 Å². The molecule has 26 heavy (non-hydrogen) atoms. The van der Waals surface area contributed by atoms with Gasteiger partial charge in [-0.3, -0.25) is 14.5 Å². The second kappa shape index (κ2) is 6.97. The molecular weight excluding hydrogens is 377 g/mol. The summed E-state index contributed by atoms with van der Waals surface area (Å²) in [6, 6.07) is 8.48. The summed E-state index contributed by atoms with van der Waals surface area (Å²) in [5.41, 5.74) is 1.33. The van der Waals surface area contributed by atoms with Gasteiger partial charge in [0.2, 0.25) is 0 Å². The van der Waals surface area contributed by atoms with E-state index in [4.69, 9.17) is 23.2 Å². The molecular formula is C18H15Cl2N3O3. The van der Waals surface area contributed by atoms with Crippen LogP contribution >= 0.6 is 23.2 Å². The first-order chi connectivity index (χ1) is 12.3. The standard InChI is InChI=1S/C18H15Cl2N3O3/c1-9(2)23-16(24)12-5-4-11(8-13(12)17(23)25)21-18(26)22-15-7-10(19)3-6-14(15)20/h3-9H,1-2H3,(H2,21,22,26). The molecule has 0 unspecified atom stereocenters. The fraction of sp³-hybridized carbons (Fsp3) is 0.167. The lowest BCUT2D eigenvalue weighted by Crippen LogP contribution is -2.35. The van der Waals surface area contributed by atoms with Crippen molar-refractivity contribution in [2.24, 2.45) is 0 Å². The summed E-state index contributed by atoms with van der Waals surface area (Å²) in [6.45, 7) is 3.53. The number of nitrogens with zero attached hydrogens (tertiary/aromatic N) is 1. The van der Waals surface area contributed by atoms with E-state index < -0.39 is 6.03 Å². The first-order valence-corrected chi connectivity index (χ1v) is 8.58. The summed E-state index contributed by atoms with van der Waals surface area (Å²) in [5.74, 6) is -0.705. The first-order valence-electron chi connectivity index (χ1n) is 7.83. The molecule has 1 aliphatic rings. The van der Waals surface area contributed by atoms with Crippen molar-refractivity contribution in [1.82, 2.24) is 4.90 Å². The number of hydrogen-bond acceptors (Lipinski definition) is 3. The molecule has 0 aromatic heterocycles. The zero-order chi connectivity index (χ0) is 19.0. The van der Waals surface area contributed by atoms with Crippen molar-refractivity contribution in [1.29, 1.82) is 0 Å². The third kappa shape index (κ3) is 3.38. The number of imide groups is 1. The molecule has 0 atom stereocenters. The minimum Gasteiger partial charge on any atom is -0.308 e. The van der Waals surface area contributed by atoms with Gasteiger partial charge >= 0.3 is 6.03 Å². The number of amides is 4. The summed E-state index contributed by atoms with van der Waals surface area (Å²) >= 11 is 11.9. The van der Waals surface area contributed by atoms with Crippen LogP contribution in [0.4, 0.5) is 16.2 Å². The van der Waals surface area contributed by atoms with E-state index in [1.165, 1.54) is 23.1 Å². The molecule has 0 bridgehead atoms. The van der Waals surface area contributed by atoms with E-state index in [9.17, 15) is 14.4 Å². The van der Waals surface area contributed by atoms with Crippen LogP contribution in [0.3, 0.4) is 0 Å². The van der Waals surface area contributed by atoms with Gasteiger partial charge in [-0.2, -0.15) is 0 Å². The molecule has 1 aliphatic heterocycles. The van der Waals surface area contributed by atoms with Crippen LogP contribution in [0.1, 0.15) is 34.6 Å². The highest BCUT2D eigenvalue weighted by Gasteiger charge is 2.37. The third-order valence-electron chi connectivity index (χ3n) is 3.87. The van der Waals surface area contributed by atoms with Gasteiger partial charge in [0.05, 0.1) is 21.8 Å². The van der Waals surface area contributed by atoms with Crippen molar-refractivity contribution in [2.45, 2.75) is 19.9 Å². The minimum atomic E-state index is -0.549. The molecule has 2 N–H and O–H groups in total. The first kappa shape index (κ1) is 18.2. The highest BCUT2D eigenvalue weighted by Crippen LogP contribution is 2.28. The number of carbonyl (C=O) groups excluding carboxylic acids is 3. The lowest BCUT2D eigenvalue weighted by Gasteiger charge is -2.17. The third-order valence-corrected chi connectivity index (χ3v) is 4.43. The fourth-order valence-corrected chi connectivity index (χ4v) is 3.02. The predicted molar refractivity (Wildman–Crippen MR) is 101 cm³/mol. The molecule has 0 aliphatic carbocycles. The average molecular weight is 392 g/mol. The summed E-state index contributed by atoms with van der Waals surface area (Å²) in [6.07, 6.45) is 0. The maximum absolute atomic E-state index is 12.4. The maximum Gasteiger partial charge on any atom is 0.323 e. The molecule has 2 aromatic rings. The van der Waals surface area contributed by atoms with Crippen LogP contribution in [-0.4, -0.2) is 28.8 Å². The zero-order valence-corrected chi connectivity index (χ0v) is 15.5. The Labute approximate surface area is 160 Å². The molecule has 4 amide bonds. The smallest absolute Gasteiger partial charge is 0.308 e. The molecule has 6 nitrogen and oxygen atoms in total. The number of nitrogens with one attached hydrogen (secondary N) is 2. The monoisotopic (exact) mass is 391 g/mol. The van der Waals surface area contributed by atoms with Crippen LogP contribution < -0.4 is 10.6 Å². The Bertz CT molecular complexity index is 928. The van der Waals surface area contributed by atoms with Crippen LogP contribution in [0.15, 0.2) is 36.4 Å². The van der Waals surface area contributed by atoms with Crippen molar-refractivity contribution >= 4 is 52.4 Å². The van der Waals surface area contributed by atoms with E-state index >= 15 is 0 Å². The van der Waals surface area contributed by atoms with E-state index in [-0.39, 0.29) is 23.4 Å². The van der Waals surface area contributed by atoms with Crippen molar-refractivity contribution in [3.05, 3.63) is 57.6 Å². The highest BCUT2D eigenvalue weighted by molar-refractivity contribution is 6.35. The van der Waals surface area contributed by atoms with Crippen LogP contribution in [0.5, 0.6) is 0 Å². The Morgan fingerprint density at radius 1 is 0.962 bits per heavy atom. The molecule has 0 spiro atoms. The van der Waals surface area contributed by atoms with Crippen molar-refractivity contribution in [3.8, 4) is 0 Å². The molecule has 134 valence electrons. The van der Waals surface area contributed by atoms with Crippen molar-refractivity contribution in [3.63, 3.8) is 0 Å². The Balaban J connectivity index is 1.78. The Morgan fingerprint density at radius 2 is 1.65 bits per heavy atom. The number of fused-ring (bicyclic) bond motifs is 1. The Kier molecular flexibility index (Phi) is 4.89. The molecule has 1 heterocycles. The van der Waals surface area contributed by atoms with Crippen molar-refractivity contribution < 1.29 is 14.4 Å². The molecule has 0 fully saturated rings. The van der Waals surface area contributed by atoms with Crippen LogP contribution in [-0.2, 0) is 0 Å². The number of hydrogen-bond donors (Lipinski definition) is 2. The lowest BCUT2D eigenvalue weighted by atomic mass is 10.1. The minimum absolute atomic E-state index is 0.243. The predicted octanol–water partition coefficient (Wildman–Crippen LogP) is 4.64. The van der Waals surface area contributed by atoms with Gasteiger partial charge in [-0.25, -0.2) is 4.79 Å². The van der Waals surface area contributed by atoms with E-state index in [0.29, 0.717) is 27.0 Å². The van der Waals surface area contributed by atoms with E-state index in [2.05, 4.69) is 10.6 Å². The molecule has 0 radical (unpaired) electrons. The maximum atomic E-state index is 12.4. The average Bonchev–Trinajstić information content (AvgIpc) is 2.82. The van der Waals surface area contributed by atoms with Crippen molar-refractivity contribution in [2.75, 3.05) is 10.6 Å². The molecule has 3 rings (SSSR count). The number of rotatable bonds is 3. The molecule has 0 saturated heterocycles. The van der Waals surface area contributed by atoms with Gasteiger partial charge in [0, 0.05) is 16.8 Å². The summed E-state index contributed by atoms with van der Waals surface area (Å²) in [7, 11) is 0. The second-order valence-corrected chi connectivity index (χ2v) is 6.88. The normalized spacial score (nSPS) is 13.2. The van der Waals surface area contributed by atoms with E-state index in [0.717, 1.165) is 0 Å². The zero-order valence-electron chi connectivity index (χ0n) is 14.0. The second-order valence-electron chi connectivity index (χ2n) is 6.04. The van der Waals surface area contributed by atoms with Gasteiger partial charge in [0.25, 0.3) is 11.8 Å². The summed E-state index contributed by atoms with van der Waals surface area (Å²) in [5, 5.41) is 5.97. The van der Waals surface area contributed by atoms with Crippen LogP contribution in [0.25, 0.3) is 0 Å². The van der Waals surface area contributed by atoms with Gasteiger partial charge in [0.1, 0.15) is 0 Å². The highest BCUT2D eigenvalue weighted by atomic mass is 35.5. The molecule has 0 saturated carbocycles. The molecule has 2 aromatic carbocycles. The van der Waals surface area contributed by atoms with Gasteiger partial charge in [0.15, 0.2) is 0 Å². The van der Waals surface area contributed by atoms with Gasteiger partial charge in [-0.1, -0.05) is 23.2 Å². The Morgan fingerprint density at radius 3 is 2.35 bits per heavy atom. The SMILES string of the molecule is CC(C)N1C(=O)c2ccc(NC(=O)Nc3cc(Cl)ccc3Cl)cc2C1=O. The number of halogens is 2. The van der Waals surface area contributed by atoms with Gasteiger partial charge < -0.3 is 10.6 Å². The number of urea groups is 1. The van der Waals surface area contributed by atoms with Gasteiger partial charge in [-0.05, 0) is 50.2 Å². The topological polar surface area (TPSA) is 78.5 Å². The number of anilines is 2. The lowest BCUT2D eigenvalue weighted by molar-refractivity contribution is 0.0609. The molecule has 8 heteroatoms. The van der Waals surface area contributed by atoms with Crippen LogP contribution in [0, 0.1) is 0 Å². The quantitative estimate of drug-likeness (QED) is 0.747. The Hall–Kier alpha value is -2.57. The number of benzene rings is 2.